The first-order valence-corrected chi connectivity index (χ1v) is 57.3. The summed E-state index contributed by atoms with van der Waals surface area (Å²) in [5.41, 5.74) is 3.79. The molecular formula is C73H111N7O29S3Se2Te2. The number of sulfone groups is 3. The molecule has 1 unspecified atom stereocenters. The van der Waals surface area contributed by atoms with Crippen molar-refractivity contribution in [2.24, 2.45) is 47.3 Å². The number of fused-ring (bicyclic) bond motifs is 7. The second-order valence-electron chi connectivity index (χ2n) is 34.8. The van der Waals surface area contributed by atoms with Crippen LogP contribution in [0.4, 0.5) is 0 Å². The minimum absolute atomic E-state index is 0.209. The topological polar surface area (TPSA) is 601 Å². The molecule has 43 heteroatoms. The number of hydrogen-bond donors (Lipinski definition) is 14. The molecule has 0 aromatic rings. The van der Waals surface area contributed by atoms with Gasteiger partial charge in [-0.2, -0.15) is 0 Å². The number of allylic oxidation sites excluding steroid dienone is 3. The molecule has 0 radical (unpaired) electrons. The standard InChI is InChI=1S/C11H17NO4S.C11H17NO4Se.C11H17NO4Te.C10H15NO5S.C10H15NO4S.C10H15NO4Se.C10H15NO4Te/c3*1-5(2)9(13)11-8(12-10(11)14)6(3)7(4)17(11,15)16;1-4(2)7(12)10-6(11-9(10)14)5(3)8(13)17(10,15)16;3*1-5(2)8(12)10-7(11-9(10)13)6(3)4-16(10,14)15/h3*5,8-9,13H,1-4H3,(H,12,14);4-7,12H,1-3H3,(H,11,14);3*4-5,7-8,12H,1-3H3,(H,11,13)/t3*8-,9-,11-;5?,6-,7-,10-;3*7-,8-,10-/m0000000/s1. The Morgan fingerprint density at radius 3 is 1.13 bits per heavy atom. The first kappa shape index (κ1) is 96.4. The van der Waals surface area contributed by atoms with Gasteiger partial charge in [-0.05, 0) is 49.7 Å². The Balaban J connectivity index is 0.000000169. The van der Waals surface area contributed by atoms with Gasteiger partial charge in [0.05, 0.1) is 42.4 Å². The number of aliphatic hydroxyl groups excluding tert-OH is 7. The number of amides is 7. The normalized spacial score (nSPS) is 37.6. The number of hydrogen-bond acceptors (Lipinski definition) is 29. The third-order valence-electron chi connectivity index (χ3n) is 25.8. The van der Waals surface area contributed by atoms with E-state index >= 15 is 0 Å². The Labute approximate surface area is 685 Å². The summed E-state index contributed by atoms with van der Waals surface area (Å²) in [7, 11) is -11.7. The van der Waals surface area contributed by atoms with Gasteiger partial charge >= 0.3 is 398 Å². The van der Waals surface area contributed by atoms with E-state index in [1.165, 1.54) is 29.9 Å². The Morgan fingerprint density at radius 2 is 0.767 bits per heavy atom. The van der Waals surface area contributed by atoms with Crippen molar-refractivity contribution in [1.82, 2.24) is 37.2 Å². The van der Waals surface area contributed by atoms with E-state index in [1.807, 2.05) is 0 Å². The van der Waals surface area contributed by atoms with E-state index < -0.39 is 264 Å². The molecule has 14 N–H and O–H groups in total. The number of rotatable bonds is 14. The van der Waals surface area contributed by atoms with Crippen LogP contribution in [-0.4, -0.2) is 268 Å². The van der Waals surface area contributed by atoms with Gasteiger partial charge in [-0.15, -0.1) is 0 Å². The van der Waals surface area contributed by atoms with Crippen LogP contribution in [0.1, 0.15) is 166 Å². The second-order valence-corrected chi connectivity index (χ2v) is 62.5. The van der Waals surface area contributed by atoms with Crippen LogP contribution in [0.15, 0.2) is 60.9 Å². The molecule has 14 aliphatic rings. The second kappa shape index (κ2) is 30.8. The molecule has 0 bridgehead atoms. The molecule has 8 saturated heterocycles. The number of β-lactam (4-membered cyclic amide) rings is 7. The third-order valence-corrected chi connectivity index (χ3v) is 57.9. The number of nitrogens with one attached hydrogen (secondary N) is 7. The predicted molar refractivity (Wildman–Crippen MR) is 414 cm³/mol. The molecule has 14 aliphatic heterocycles. The molecule has 116 heavy (non-hydrogen) atoms. The van der Waals surface area contributed by atoms with Crippen LogP contribution >= 0.6 is 0 Å². The molecule has 22 atom stereocenters. The zero-order valence-corrected chi connectivity index (χ0v) is 79.4. The van der Waals surface area contributed by atoms with Crippen LogP contribution in [0, 0.1) is 47.3 Å². The average Bonchev–Trinajstić information content (AvgIpc) is 1.51. The summed E-state index contributed by atoms with van der Waals surface area (Å²) in [5, 5.41) is 88.9. The first-order chi connectivity index (χ1) is 52.5. The van der Waals surface area contributed by atoms with Crippen LogP contribution in [0.2, 0.25) is 15.6 Å². The average molecular weight is 2060 g/mol. The molecular weight excluding hydrogens is 1950 g/mol. The van der Waals surface area contributed by atoms with Crippen LogP contribution < -0.4 is 37.2 Å². The molecule has 0 saturated carbocycles. The van der Waals surface area contributed by atoms with Gasteiger partial charge in [0, 0.05) is 10.3 Å². The van der Waals surface area contributed by atoms with Gasteiger partial charge in [0.2, 0.25) is 41.8 Å². The van der Waals surface area contributed by atoms with Crippen molar-refractivity contribution in [2.75, 3.05) is 0 Å². The van der Waals surface area contributed by atoms with Crippen LogP contribution in [0.3, 0.4) is 0 Å². The number of aliphatic hydroxyl groups is 7. The maximum atomic E-state index is 12.5. The molecule has 8 fully saturated rings. The van der Waals surface area contributed by atoms with E-state index in [2.05, 4.69) is 37.2 Å². The molecule has 36 nitrogen and oxygen atoms in total. The van der Waals surface area contributed by atoms with E-state index in [4.69, 9.17) is 0 Å². The predicted octanol–water partition coefficient (Wildman–Crippen LogP) is -0.675. The van der Waals surface area contributed by atoms with Crippen LogP contribution in [-0.2, 0) is 95.6 Å². The fraction of sp³-hybridized carbons (Fsp3) is 0.726. The van der Waals surface area contributed by atoms with E-state index in [9.17, 15) is 127 Å². The molecule has 14 rings (SSSR count). The van der Waals surface area contributed by atoms with Gasteiger partial charge in [-0.3, -0.25) is 19.2 Å². The van der Waals surface area contributed by atoms with Gasteiger partial charge in [0.1, 0.15) is 0 Å². The summed E-state index contributed by atoms with van der Waals surface area (Å²) >= 11 is -19.1. The van der Waals surface area contributed by atoms with Gasteiger partial charge in [-0.25, -0.2) is 25.3 Å². The van der Waals surface area contributed by atoms with Gasteiger partial charge < -0.3 is 31.3 Å². The third kappa shape index (κ3) is 12.2. The Kier molecular flexibility index (Phi) is 25.6. The molecule has 0 aromatic carbocycles. The van der Waals surface area contributed by atoms with Crippen molar-refractivity contribution in [3.63, 3.8) is 0 Å². The van der Waals surface area contributed by atoms with E-state index in [0.717, 1.165) is 5.41 Å². The fourth-order valence-electron chi connectivity index (χ4n) is 18.5. The van der Waals surface area contributed by atoms with Crippen molar-refractivity contribution in [2.45, 2.75) is 281 Å². The molecule has 7 amide bonds. The first-order valence-electron chi connectivity index (χ1n) is 37.8. The van der Waals surface area contributed by atoms with Crippen molar-refractivity contribution in [3.05, 3.63) is 60.9 Å². The fourth-order valence-corrected chi connectivity index (χ4v) is 49.6. The maximum absolute atomic E-state index is 12.5. The van der Waals surface area contributed by atoms with Gasteiger partial charge in [0.15, 0.2) is 19.7 Å². The summed E-state index contributed by atoms with van der Waals surface area (Å²) in [6.45, 7) is 39.9. The van der Waals surface area contributed by atoms with E-state index in [0.29, 0.717) is 37.1 Å². The summed E-state index contributed by atoms with van der Waals surface area (Å²) in [4.78, 5) is 95.2. The Hall–Kier alpha value is -5.01. The van der Waals surface area contributed by atoms with Crippen LogP contribution in [0.25, 0.3) is 0 Å². The van der Waals surface area contributed by atoms with Crippen molar-refractivity contribution >= 4 is 138 Å². The summed E-state index contributed by atoms with van der Waals surface area (Å²) in [6.07, 6.45) is -8.27. The zero-order valence-electron chi connectivity index (χ0n) is 68.9. The number of carbonyl (C=O) groups is 8. The summed E-state index contributed by atoms with van der Waals surface area (Å²) in [5.74, 6) is -7.01. The molecule has 0 aromatic heterocycles. The van der Waals surface area contributed by atoms with Crippen molar-refractivity contribution < 1.29 is 127 Å². The van der Waals surface area contributed by atoms with E-state index in [1.54, 1.807) is 145 Å². The van der Waals surface area contributed by atoms with Crippen molar-refractivity contribution in [3.8, 4) is 0 Å². The minimum atomic E-state index is -5.01. The SMILES string of the molecule is CC(C)[C@H](O)[C@]12C(=O)N[C@H]1C(C)C(=O)S2(=O)=O.CC1=C(C)S(=O)(=O)[C@@]2([C@@H](O)C(C)C)C(=O)N[C@@H]12.CC1=C(C)[Se](=O)(=O)[C@@]2([C@@H](O)C(C)C)C(=O)N[C@@H]12.CC1=C(C)[Te](=O)(=O)[C@@]2([C@@H](O)C(C)C)C(=O)N[C@@H]12.CC1=CS(=O)(=O)[C@@]2([C@@H](O)C(C)C)C(=O)N[C@@H]12.CC1=C[Se](=O)(=O)[C@@]2([C@@H](O)C(C)C)C(=O)N[C@@H]12.CC1=C[Te](=O)(=O)[C@@]2([C@@H](O)C(C)C)C(=O)N[C@@H]12. The molecule has 14 heterocycles. The quantitative estimate of drug-likeness (QED) is 0.0757. The Bertz CT molecular complexity index is 4890. The molecule has 654 valence electrons. The van der Waals surface area contributed by atoms with Gasteiger partial charge in [0.25, 0.3) is 5.12 Å². The monoisotopic (exact) mass is 2070 g/mol. The van der Waals surface area contributed by atoms with Gasteiger partial charge in [-0.1, -0.05) is 48.5 Å². The van der Waals surface area contributed by atoms with E-state index in [-0.39, 0.29) is 44.9 Å². The number of carbonyl (C=O) groups excluding carboxylic acids is 8. The Morgan fingerprint density at radius 1 is 0.388 bits per heavy atom. The summed E-state index contributed by atoms with van der Waals surface area (Å²) in [6, 6.07) is -4.06. The molecule has 0 aliphatic carbocycles. The summed E-state index contributed by atoms with van der Waals surface area (Å²) < 4.78 is 161. The zero-order chi connectivity index (χ0) is 89.6. The van der Waals surface area contributed by atoms with Crippen LogP contribution in [0.5, 0.6) is 0 Å². The van der Waals surface area contributed by atoms with Crippen molar-refractivity contribution in [1.29, 1.82) is 0 Å². The molecule has 0 spiro atoms.